The van der Waals surface area contributed by atoms with Gasteiger partial charge < -0.3 is 0 Å². The highest BCUT2D eigenvalue weighted by molar-refractivity contribution is 5.02. The SMILES string of the molecule is CCCCCCCCC=CC=CCCCCCCCC. The fourth-order valence-corrected chi connectivity index (χ4v) is 2.43. The van der Waals surface area contributed by atoms with Gasteiger partial charge >= 0.3 is 0 Å². The summed E-state index contributed by atoms with van der Waals surface area (Å²) >= 11 is 0. The molecule has 0 saturated carbocycles. The molecule has 0 aliphatic rings. The normalized spacial score (nSPS) is 11.9. The van der Waals surface area contributed by atoms with Crippen LogP contribution in [0.1, 0.15) is 104 Å². The van der Waals surface area contributed by atoms with Gasteiger partial charge in [-0.05, 0) is 25.7 Å². The van der Waals surface area contributed by atoms with Gasteiger partial charge in [-0.3, -0.25) is 0 Å². The van der Waals surface area contributed by atoms with Gasteiger partial charge in [-0.25, -0.2) is 0 Å². The number of hydrogen-bond acceptors (Lipinski definition) is 0. The van der Waals surface area contributed by atoms with Gasteiger partial charge in [0.1, 0.15) is 0 Å². The van der Waals surface area contributed by atoms with E-state index in [-0.39, 0.29) is 0 Å². The summed E-state index contributed by atoms with van der Waals surface area (Å²) in [6.07, 6.45) is 28.4. The van der Waals surface area contributed by atoms with E-state index in [1.807, 2.05) is 0 Å². The standard InChI is InChI=1S/C20H38/c1-3-5-7-9-11-13-15-17-19-20-18-16-14-12-10-8-6-4-2/h17-20H,3-16H2,1-2H3. The summed E-state index contributed by atoms with van der Waals surface area (Å²) in [5.74, 6) is 0. The minimum atomic E-state index is 1.26. The fraction of sp³-hybridized carbons (Fsp3) is 0.800. The Morgan fingerprint density at radius 3 is 1.20 bits per heavy atom. The van der Waals surface area contributed by atoms with Gasteiger partial charge in [0.2, 0.25) is 0 Å². The van der Waals surface area contributed by atoms with E-state index in [0.717, 1.165) is 0 Å². The lowest BCUT2D eigenvalue weighted by atomic mass is 10.1. The quantitative estimate of drug-likeness (QED) is 0.214. The van der Waals surface area contributed by atoms with Crippen molar-refractivity contribution in [3.63, 3.8) is 0 Å². The highest BCUT2D eigenvalue weighted by atomic mass is 13.9. The Morgan fingerprint density at radius 2 is 0.800 bits per heavy atom. The van der Waals surface area contributed by atoms with Crippen LogP contribution in [-0.2, 0) is 0 Å². The van der Waals surface area contributed by atoms with Crippen LogP contribution in [0, 0.1) is 0 Å². The lowest BCUT2D eigenvalue weighted by molar-refractivity contribution is 0.611. The van der Waals surface area contributed by atoms with Crippen molar-refractivity contribution in [2.24, 2.45) is 0 Å². The molecule has 0 bridgehead atoms. The van der Waals surface area contributed by atoms with Crippen molar-refractivity contribution in [2.45, 2.75) is 104 Å². The maximum absolute atomic E-state index is 2.33. The van der Waals surface area contributed by atoms with Gasteiger partial charge in [0.05, 0.1) is 0 Å². The molecule has 20 heavy (non-hydrogen) atoms. The van der Waals surface area contributed by atoms with Crippen LogP contribution in [0.3, 0.4) is 0 Å². The molecule has 0 N–H and O–H groups in total. The van der Waals surface area contributed by atoms with E-state index in [4.69, 9.17) is 0 Å². The first-order chi connectivity index (χ1) is 9.91. The topological polar surface area (TPSA) is 0 Å². The van der Waals surface area contributed by atoms with E-state index >= 15 is 0 Å². The zero-order valence-electron chi connectivity index (χ0n) is 14.2. The van der Waals surface area contributed by atoms with Crippen molar-refractivity contribution >= 4 is 0 Å². The highest BCUT2D eigenvalue weighted by Gasteiger charge is 1.88. The summed E-state index contributed by atoms with van der Waals surface area (Å²) in [4.78, 5) is 0. The number of unbranched alkanes of at least 4 members (excludes halogenated alkanes) is 12. The maximum Gasteiger partial charge on any atom is -0.0348 e. The summed E-state index contributed by atoms with van der Waals surface area (Å²) < 4.78 is 0. The van der Waals surface area contributed by atoms with Gasteiger partial charge in [0, 0.05) is 0 Å². The Labute approximate surface area is 128 Å². The van der Waals surface area contributed by atoms with Crippen LogP contribution in [0.5, 0.6) is 0 Å². The molecule has 0 aliphatic carbocycles. The molecule has 118 valence electrons. The molecular weight excluding hydrogens is 240 g/mol. The fourth-order valence-electron chi connectivity index (χ4n) is 2.43. The second-order valence-electron chi connectivity index (χ2n) is 5.97. The Bertz CT molecular complexity index is 188. The summed E-state index contributed by atoms with van der Waals surface area (Å²) in [6, 6.07) is 0. The molecular formula is C20H38. The predicted octanol–water partition coefficient (Wildman–Crippen LogP) is 7.60. The van der Waals surface area contributed by atoms with E-state index in [1.165, 1.54) is 89.9 Å². The average molecular weight is 279 g/mol. The molecule has 0 saturated heterocycles. The minimum absolute atomic E-state index is 1.26. The zero-order valence-corrected chi connectivity index (χ0v) is 14.2. The van der Waals surface area contributed by atoms with Crippen LogP contribution in [0.2, 0.25) is 0 Å². The number of hydrogen-bond donors (Lipinski definition) is 0. The third-order valence-corrected chi connectivity index (χ3v) is 3.83. The van der Waals surface area contributed by atoms with Crippen LogP contribution in [-0.4, -0.2) is 0 Å². The second-order valence-corrected chi connectivity index (χ2v) is 5.97. The van der Waals surface area contributed by atoms with Crippen molar-refractivity contribution in [1.82, 2.24) is 0 Å². The molecule has 0 radical (unpaired) electrons. The lowest BCUT2D eigenvalue weighted by Crippen LogP contribution is -1.77. The van der Waals surface area contributed by atoms with E-state index in [0.29, 0.717) is 0 Å². The molecule has 0 nitrogen and oxygen atoms in total. The Balaban J connectivity index is 3.15. The van der Waals surface area contributed by atoms with Crippen LogP contribution in [0.4, 0.5) is 0 Å². The summed E-state index contributed by atoms with van der Waals surface area (Å²) in [6.45, 7) is 4.56. The number of rotatable bonds is 15. The third-order valence-electron chi connectivity index (χ3n) is 3.83. The molecule has 0 unspecified atom stereocenters. The first-order valence-corrected chi connectivity index (χ1v) is 9.23. The van der Waals surface area contributed by atoms with Crippen LogP contribution >= 0.6 is 0 Å². The van der Waals surface area contributed by atoms with Gasteiger partial charge in [-0.2, -0.15) is 0 Å². The molecule has 0 amide bonds. The van der Waals surface area contributed by atoms with Crippen LogP contribution < -0.4 is 0 Å². The van der Waals surface area contributed by atoms with E-state index in [2.05, 4.69) is 38.2 Å². The molecule has 0 spiro atoms. The first-order valence-electron chi connectivity index (χ1n) is 9.23. The monoisotopic (exact) mass is 278 g/mol. The molecule has 0 aromatic rings. The van der Waals surface area contributed by atoms with Crippen molar-refractivity contribution in [3.05, 3.63) is 24.3 Å². The summed E-state index contributed by atoms with van der Waals surface area (Å²) in [5.41, 5.74) is 0. The maximum atomic E-state index is 2.33. The van der Waals surface area contributed by atoms with Gasteiger partial charge in [0.15, 0.2) is 0 Å². The largest absolute Gasteiger partial charge is 0.0845 e. The molecule has 0 fully saturated rings. The minimum Gasteiger partial charge on any atom is -0.0845 e. The molecule has 0 heteroatoms. The van der Waals surface area contributed by atoms with E-state index in [1.54, 1.807) is 0 Å². The van der Waals surface area contributed by atoms with E-state index < -0.39 is 0 Å². The predicted molar refractivity (Wildman–Crippen MR) is 94.3 cm³/mol. The van der Waals surface area contributed by atoms with E-state index in [9.17, 15) is 0 Å². The summed E-state index contributed by atoms with van der Waals surface area (Å²) in [7, 11) is 0. The molecule has 0 aromatic heterocycles. The smallest absolute Gasteiger partial charge is 0.0348 e. The Kier molecular flexibility index (Phi) is 18.0. The highest BCUT2D eigenvalue weighted by Crippen LogP contribution is 2.08. The van der Waals surface area contributed by atoms with Gasteiger partial charge in [-0.15, -0.1) is 0 Å². The Hall–Kier alpha value is -0.520. The van der Waals surface area contributed by atoms with Crippen molar-refractivity contribution < 1.29 is 0 Å². The first kappa shape index (κ1) is 19.5. The van der Waals surface area contributed by atoms with Crippen LogP contribution in [0.25, 0.3) is 0 Å². The molecule has 0 rings (SSSR count). The third kappa shape index (κ3) is 17.5. The second kappa shape index (κ2) is 18.5. The van der Waals surface area contributed by atoms with Crippen molar-refractivity contribution in [1.29, 1.82) is 0 Å². The zero-order chi connectivity index (χ0) is 14.7. The van der Waals surface area contributed by atoms with Gasteiger partial charge in [0.25, 0.3) is 0 Å². The summed E-state index contributed by atoms with van der Waals surface area (Å²) in [5, 5.41) is 0. The number of allylic oxidation sites excluding steroid dienone is 4. The van der Waals surface area contributed by atoms with Gasteiger partial charge in [-0.1, -0.05) is 102 Å². The molecule has 0 aromatic carbocycles. The molecule has 0 aliphatic heterocycles. The Morgan fingerprint density at radius 1 is 0.450 bits per heavy atom. The average Bonchev–Trinajstić information content (AvgIpc) is 2.47. The van der Waals surface area contributed by atoms with Crippen molar-refractivity contribution in [3.8, 4) is 0 Å². The molecule has 0 heterocycles. The van der Waals surface area contributed by atoms with Crippen LogP contribution in [0.15, 0.2) is 24.3 Å². The lowest BCUT2D eigenvalue weighted by Gasteiger charge is -1.97. The van der Waals surface area contributed by atoms with Crippen molar-refractivity contribution in [2.75, 3.05) is 0 Å². The molecule has 0 atom stereocenters.